The lowest BCUT2D eigenvalue weighted by Gasteiger charge is -2.22. The summed E-state index contributed by atoms with van der Waals surface area (Å²) in [6, 6.07) is 15.1. The monoisotopic (exact) mass is 339 g/mol. The number of aliphatic imine (C=N–C) groups is 1. The minimum Gasteiger partial charge on any atom is -0.846 e. The Labute approximate surface area is 146 Å². The van der Waals surface area contributed by atoms with Gasteiger partial charge in [0.25, 0.3) is 0 Å². The first-order valence-electron chi connectivity index (χ1n) is 8.26. The van der Waals surface area contributed by atoms with Gasteiger partial charge in [-0.15, -0.1) is 0 Å². The summed E-state index contributed by atoms with van der Waals surface area (Å²) in [4.78, 5) is 4.20. The fraction of sp³-hybridized carbons (Fsp3) is 0.211. The molecule has 0 spiro atoms. The molecule has 0 saturated heterocycles. The van der Waals surface area contributed by atoms with E-state index < -0.39 is 6.02 Å². The Morgan fingerprint density at radius 3 is 2.60 bits per heavy atom. The number of nitrogens with one attached hydrogen (secondary N) is 2. The number of anilines is 2. The van der Waals surface area contributed by atoms with Gasteiger partial charge in [-0.1, -0.05) is 31.5 Å². The van der Waals surface area contributed by atoms with Crippen LogP contribution in [-0.2, 0) is 0 Å². The van der Waals surface area contributed by atoms with E-state index in [2.05, 4.69) is 22.7 Å². The zero-order valence-corrected chi connectivity index (χ0v) is 14.0. The molecule has 6 heteroatoms. The standard InChI is InChI=1S/C19H21FN4O/c1-2-6-18-17(13-21-24(18)16-7-4-3-5-8-16)23-19(25)22-15-11-9-14(20)10-12-15/h3-5,7-12,21H,2,6,13H2,1H3,(H2,22,23,25)/p-1. The lowest BCUT2D eigenvalue weighted by Crippen LogP contribution is -2.31. The minimum absolute atomic E-state index is 0.346. The molecule has 0 unspecified atom stereocenters. The van der Waals surface area contributed by atoms with E-state index in [1.165, 1.54) is 24.3 Å². The Kier molecular flexibility index (Phi) is 5.30. The Bertz CT molecular complexity index is 772. The van der Waals surface area contributed by atoms with Crippen molar-refractivity contribution in [3.05, 3.63) is 71.8 Å². The van der Waals surface area contributed by atoms with Crippen molar-refractivity contribution in [2.45, 2.75) is 19.8 Å². The van der Waals surface area contributed by atoms with Gasteiger partial charge in [-0.2, -0.15) is 0 Å². The quantitative estimate of drug-likeness (QED) is 0.649. The molecule has 0 saturated carbocycles. The molecule has 2 aromatic carbocycles. The second kappa shape index (κ2) is 7.81. The normalized spacial score (nSPS) is 15.0. The Morgan fingerprint density at radius 1 is 1.20 bits per heavy atom. The van der Waals surface area contributed by atoms with Gasteiger partial charge in [0.05, 0.1) is 29.6 Å². The van der Waals surface area contributed by atoms with Crippen molar-refractivity contribution in [3.8, 4) is 0 Å². The average molecular weight is 339 g/mol. The van der Waals surface area contributed by atoms with E-state index in [4.69, 9.17) is 0 Å². The van der Waals surface area contributed by atoms with E-state index in [0.717, 1.165) is 24.2 Å². The fourth-order valence-corrected chi connectivity index (χ4v) is 2.71. The molecule has 0 bridgehead atoms. The Balaban J connectivity index is 1.82. The highest BCUT2D eigenvalue weighted by Gasteiger charge is 2.22. The van der Waals surface area contributed by atoms with E-state index in [1.807, 2.05) is 35.3 Å². The highest BCUT2D eigenvalue weighted by molar-refractivity contribution is 5.86. The molecule has 0 aromatic heterocycles. The Hall–Kier alpha value is -2.86. The van der Waals surface area contributed by atoms with Crippen LogP contribution in [0, 0.1) is 5.82 Å². The van der Waals surface area contributed by atoms with Gasteiger partial charge < -0.3 is 10.4 Å². The molecule has 5 nitrogen and oxygen atoms in total. The first-order valence-corrected chi connectivity index (χ1v) is 8.26. The number of halogens is 1. The van der Waals surface area contributed by atoms with Gasteiger partial charge in [-0.3, -0.25) is 5.01 Å². The second-order valence-electron chi connectivity index (χ2n) is 5.70. The van der Waals surface area contributed by atoms with Crippen molar-refractivity contribution in [3.63, 3.8) is 0 Å². The highest BCUT2D eigenvalue weighted by atomic mass is 19.1. The van der Waals surface area contributed by atoms with Crippen LogP contribution in [0.3, 0.4) is 0 Å². The molecule has 1 aliphatic heterocycles. The molecule has 25 heavy (non-hydrogen) atoms. The van der Waals surface area contributed by atoms with Gasteiger partial charge in [0.1, 0.15) is 5.82 Å². The number of hydrogen-bond donors (Lipinski definition) is 2. The predicted octanol–water partition coefficient (Wildman–Crippen LogP) is 2.99. The van der Waals surface area contributed by atoms with Crippen LogP contribution in [0.2, 0.25) is 0 Å². The number of amidine groups is 1. The number of benzene rings is 2. The Morgan fingerprint density at radius 2 is 1.92 bits per heavy atom. The molecular formula is C19H20FN4O-. The summed E-state index contributed by atoms with van der Waals surface area (Å²) in [5.41, 5.74) is 6.49. The first kappa shape index (κ1) is 17.0. The number of hydrogen-bond acceptors (Lipinski definition) is 4. The molecule has 130 valence electrons. The van der Waals surface area contributed by atoms with Gasteiger partial charge in [-0.05, 0) is 42.8 Å². The molecule has 0 aliphatic carbocycles. The molecule has 0 fully saturated rings. The molecule has 1 heterocycles. The summed E-state index contributed by atoms with van der Waals surface area (Å²) in [6.45, 7) is 2.58. The van der Waals surface area contributed by atoms with Crippen LogP contribution < -0.4 is 20.9 Å². The smallest absolute Gasteiger partial charge is 0.123 e. The van der Waals surface area contributed by atoms with Crippen LogP contribution >= 0.6 is 0 Å². The van der Waals surface area contributed by atoms with Crippen LogP contribution in [0.4, 0.5) is 15.8 Å². The van der Waals surface area contributed by atoms with Gasteiger partial charge in [0.15, 0.2) is 0 Å². The molecule has 2 aromatic rings. The van der Waals surface area contributed by atoms with E-state index in [-0.39, 0.29) is 5.82 Å². The number of rotatable bonds is 5. The SMILES string of the molecule is CCCC1=C(N=C([O-])Nc2ccc(F)cc2)CNN1c1ccccc1. The third kappa shape index (κ3) is 4.16. The van der Waals surface area contributed by atoms with Crippen LogP contribution in [0.15, 0.2) is 71.0 Å². The van der Waals surface area contributed by atoms with E-state index >= 15 is 0 Å². The second-order valence-corrected chi connectivity index (χ2v) is 5.70. The number of nitrogens with zero attached hydrogens (tertiary/aromatic N) is 2. The predicted molar refractivity (Wildman–Crippen MR) is 96.3 cm³/mol. The van der Waals surface area contributed by atoms with Crippen molar-refractivity contribution in [2.75, 3.05) is 16.9 Å². The lowest BCUT2D eigenvalue weighted by atomic mass is 10.2. The molecule has 1 aliphatic rings. The molecular weight excluding hydrogens is 319 g/mol. The van der Waals surface area contributed by atoms with Crippen molar-refractivity contribution in [2.24, 2.45) is 4.99 Å². The maximum absolute atomic E-state index is 12.9. The summed E-state index contributed by atoms with van der Waals surface area (Å²) in [5.74, 6) is -0.346. The van der Waals surface area contributed by atoms with Crippen LogP contribution in [0.1, 0.15) is 19.8 Å². The third-order valence-corrected chi connectivity index (χ3v) is 3.84. The van der Waals surface area contributed by atoms with Crippen LogP contribution in [0.5, 0.6) is 0 Å². The zero-order valence-electron chi connectivity index (χ0n) is 14.0. The highest BCUT2D eigenvalue weighted by Crippen LogP contribution is 2.27. The molecule has 2 N–H and O–H groups in total. The lowest BCUT2D eigenvalue weighted by molar-refractivity contribution is -0.214. The van der Waals surface area contributed by atoms with Gasteiger partial charge in [0.2, 0.25) is 0 Å². The molecule has 3 rings (SSSR count). The summed E-state index contributed by atoms with van der Waals surface area (Å²) in [6.07, 6.45) is 1.75. The van der Waals surface area contributed by atoms with Crippen molar-refractivity contribution in [1.82, 2.24) is 5.43 Å². The molecule has 0 amide bonds. The molecule has 0 radical (unpaired) electrons. The fourth-order valence-electron chi connectivity index (χ4n) is 2.71. The minimum atomic E-state index is -0.466. The number of para-hydroxylation sites is 1. The third-order valence-electron chi connectivity index (χ3n) is 3.84. The number of allylic oxidation sites excluding steroid dienone is 1. The summed E-state index contributed by atoms with van der Waals surface area (Å²) in [5, 5.41) is 16.8. The largest absolute Gasteiger partial charge is 0.846 e. The van der Waals surface area contributed by atoms with E-state index in [9.17, 15) is 9.50 Å². The van der Waals surface area contributed by atoms with Gasteiger partial charge in [-0.25, -0.2) is 14.8 Å². The zero-order chi connectivity index (χ0) is 17.6. The summed E-state index contributed by atoms with van der Waals surface area (Å²) < 4.78 is 12.9. The van der Waals surface area contributed by atoms with E-state index in [1.54, 1.807) is 0 Å². The summed E-state index contributed by atoms with van der Waals surface area (Å²) in [7, 11) is 0. The van der Waals surface area contributed by atoms with Gasteiger partial charge >= 0.3 is 0 Å². The average Bonchev–Trinajstić information content (AvgIpc) is 3.00. The first-order chi connectivity index (χ1) is 12.2. The maximum Gasteiger partial charge on any atom is 0.123 e. The van der Waals surface area contributed by atoms with Crippen LogP contribution in [-0.4, -0.2) is 12.6 Å². The van der Waals surface area contributed by atoms with Crippen LogP contribution in [0.25, 0.3) is 0 Å². The number of hydrazine groups is 1. The van der Waals surface area contributed by atoms with Crippen molar-refractivity contribution in [1.29, 1.82) is 0 Å². The van der Waals surface area contributed by atoms with Crippen molar-refractivity contribution >= 4 is 17.4 Å². The molecule has 0 atom stereocenters. The topological polar surface area (TPSA) is 62.7 Å². The van der Waals surface area contributed by atoms with Gasteiger partial charge in [0, 0.05) is 5.69 Å². The van der Waals surface area contributed by atoms with E-state index in [0.29, 0.717) is 17.9 Å². The maximum atomic E-state index is 12.9. The summed E-state index contributed by atoms with van der Waals surface area (Å²) >= 11 is 0. The van der Waals surface area contributed by atoms with Crippen molar-refractivity contribution < 1.29 is 9.50 Å².